The summed E-state index contributed by atoms with van der Waals surface area (Å²) in [5.74, 6) is 0. The van der Waals surface area contributed by atoms with Gasteiger partial charge in [-0.2, -0.15) is 0 Å². The van der Waals surface area contributed by atoms with E-state index >= 15 is 0 Å². The van der Waals surface area contributed by atoms with Crippen LogP contribution in [0.4, 0.5) is 5.69 Å². The number of anilines is 1. The van der Waals surface area contributed by atoms with Gasteiger partial charge in [-0.05, 0) is 12.5 Å². The molecule has 2 unspecified atom stereocenters. The first-order chi connectivity index (χ1) is 6.16. The average molecular weight is 198 g/mol. The van der Waals surface area contributed by atoms with E-state index in [9.17, 15) is 4.21 Å². The number of nitrogens with two attached hydrogens (primary N) is 1. The number of rotatable bonds is 3. The molecule has 0 spiro atoms. The lowest BCUT2D eigenvalue weighted by atomic mass is 10.4. The Morgan fingerprint density at radius 3 is 2.92 bits per heavy atom. The molecule has 1 heterocycles. The van der Waals surface area contributed by atoms with E-state index in [1.54, 1.807) is 12.3 Å². The zero-order valence-electron chi connectivity index (χ0n) is 7.86. The summed E-state index contributed by atoms with van der Waals surface area (Å²) in [5.41, 5.74) is 6.17. The normalized spacial score (nSPS) is 15.2. The van der Waals surface area contributed by atoms with Crippen LogP contribution in [0.2, 0.25) is 0 Å². The standard InChI is InChI=1S/C9H14N2OS/c1-3-7(2)13(12)9-4-5-11-6-8(9)10/h4-7H,3,10H2,1-2H3. The zero-order chi connectivity index (χ0) is 9.84. The second-order valence-electron chi connectivity index (χ2n) is 2.93. The molecule has 0 saturated carbocycles. The summed E-state index contributed by atoms with van der Waals surface area (Å²) in [6.07, 6.45) is 4.04. The summed E-state index contributed by atoms with van der Waals surface area (Å²) >= 11 is 0. The van der Waals surface area contributed by atoms with Crippen molar-refractivity contribution in [3.05, 3.63) is 18.5 Å². The third-order valence-electron chi connectivity index (χ3n) is 1.97. The molecule has 2 atom stereocenters. The van der Waals surface area contributed by atoms with Gasteiger partial charge in [0.15, 0.2) is 0 Å². The van der Waals surface area contributed by atoms with Crippen molar-refractivity contribution in [3.8, 4) is 0 Å². The van der Waals surface area contributed by atoms with Crippen molar-refractivity contribution in [2.75, 3.05) is 5.73 Å². The SMILES string of the molecule is CCC(C)S(=O)c1ccncc1N. The minimum absolute atomic E-state index is 0.143. The fraction of sp³-hybridized carbons (Fsp3) is 0.444. The molecule has 0 fully saturated rings. The Kier molecular flexibility index (Phi) is 3.42. The molecule has 0 aliphatic rings. The highest BCUT2D eigenvalue weighted by Crippen LogP contribution is 2.18. The van der Waals surface area contributed by atoms with Crippen LogP contribution in [0, 0.1) is 0 Å². The van der Waals surface area contributed by atoms with Gasteiger partial charge in [0, 0.05) is 11.4 Å². The molecule has 3 nitrogen and oxygen atoms in total. The Hall–Kier alpha value is -0.900. The van der Waals surface area contributed by atoms with E-state index in [1.807, 2.05) is 13.8 Å². The first-order valence-corrected chi connectivity index (χ1v) is 5.48. The van der Waals surface area contributed by atoms with Crippen LogP contribution in [-0.4, -0.2) is 14.4 Å². The lowest BCUT2D eigenvalue weighted by Gasteiger charge is -2.09. The van der Waals surface area contributed by atoms with Gasteiger partial charge in [-0.25, -0.2) is 0 Å². The van der Waals surface area contributed by atoms with Crippen molar-refractivity contribution in [1.82, 2.24) is 4.98 Å². The van der Waals surface area contributed by atoms with Crippen molar-refractivity contribution >= 4 is 16.5 Å². The highest BCUT2D eigenvalue weighted by atomic mass is 32.2. The van der Waals surface area contributed by atoms with Gasteiger partial charge in [0.25, 0.3) is 0 Å². The highest BCUT2D eigenvalue weighted by molar-refractivity contribution is 7.85. The minimum Gasteiger partial charge on any atom is -0.396 e. The van der Waals surface area contributed by atoms with Crippen molar-refractivity contribution in [1.29, 1.82) is 0 Å². The fourth-order valence-corrected chi connectivity index (χ4v) is 2.16. The Balaban J connectivity index is 2.95. The van der Waals surface area contributed by atoms with Crippen molar-refractivity contribution in [2.45, 2.75) is 30.4 Å². The van der Waals surface area contributed by atoms with E-state index in [2.05, 4.69) is 4.98 Å². The van der Waals surface area contributed by atoms with Crippen LogP contribution in [0.5, 0.6) is 0 Å². The maximum Gasteiger partial charge on any atom is 0.0664 e. The lowest BCUT2D eigenvalue weighted by molar-refractivity contribution is 0.670. The van der Waals surface area contributed by atoms with E-state index in [0.29, 0.717) is 10.6 Å². The molecule has 0 radical (unpaired) electrons. The second kappa shape index (κ2) is 4.37. The minimum atomic E-state index is -1.00. The van der Waals surface area contributed by atoms with E-state index in [0.717, 1.165) is 6.42 Å². The second-order valence-corrected chi connectivity index (χ2v) is 4.77. The molecule has 0 saturated heterocycles. The molecule has 0 amide bonds. The van der Waals surface area contributed by atoms with Crippen LogP contribution >= 0.6 is 0 Å². The Labute approximate surface area is 80.8 Å². The lowest BCUT2D eigenvalue weighted by Crippen LogP contribution is -2.11. The van der Waals surface area contributed by atoms with E-state index < -0.39 is 10.8 Å². The molecule has 0 aliphatic carbocycles. The van der Waals surface area contributed by atoms with Crippen LogP contribution in [0.15, 0.2) is 23.4 Å². The molecule has 13 heavy (non-hydrogen) atoms. The topological polar surface area (TPSA) is 56.0 Å². The number of nitrogens with zero attached hydrogens (tertiary/aromatic N) is 1. The van der Waals surface area contributed by atoms with Gasteiger partial charge in [0.1, 0.15) is 0 Å². The summed E-state index contributed by atoms with van der Waals surface area (Å²) in [6.45, 7) is 3.97. The molecule has 1 aromatic rings. The van der Waals surface area contributed by atoms with Gasteiger partial charge in [-0.1, -0.05) is 13.8 Å². The van der Waals surface area contributed by atoms with Crippen molar-refractivity contribution in [2.24, 2.45) is 0 Å². The number of hydrogen-bond donors (Lipinski definition) is 1. The van der Waals surface area contributed by atoms with Gasteiger partial charge in [0.05, 0.1) is 27.6 Å². The average Bonchev–Trinajstić information content (AvgIpc) is 2.16. The Morgan fingerprint density at radius 2 is 2.38 bits per heavy atom. The van der Waals surface area contributed by atoms with Gasteiger partial charge >= 0.3 is 0 Å². The molecule has 2 N–H and O–H groups in total. The van der Waals surface area contributed by atoms with E-state index in [-0.39, 0.29) is 5.25 Å². The summed E-state index contributed by atoms with van der Waals surface area (Å²) < 4.78 is 11.8. The first-order valence-electron chi connectivity index (χ1n) is 4.26. The van der Waals surface area contributed by atoms with Gasteiger partial charge in [-0.3, -0.25) is 9.19 Å². The molecule has 1 aromatic heterocycles. The van der Waals surface area contributed by atoms with Crippen LogP contribution in [-0.2, 0) is 10.8 Å². The third kappa shape index (κ3) is 2.28. The molecule has 4 heteroatoms. The molecule has 0 aliphatic heterocycles. The third-order valence-corrected chi connectivity index (χ3v) is 3.84. The molecule has 0 aromatic carbocycles. The predicted molar refractivity (Wildman–Crippen MR) is 54.8 cm³/mol. The fourth-order valence-electron chi connectivity index (χ4n) is 0.945. The largest absolute Gasteiger partial charge is 0.396 e. The summed E-state index contributed by atoms with van der Waals surface area (Å²) in [5, 5.41) is 0.143. The molecular formula is C9H14N2OS. The maximum absolute atomic E-state index is 11.8. The summed E-state index contributed by atoms with van der Waals surface area (Å²) in [6, 6.07) is 1.72. The van der Waals surface area contributed by atoms with Gasteiger partial charge in [-0.15, -0.1) is 0 Å². The number of nitrogen functional groups attached to an aromatic ring is 1. The zero-order valence-corrected chi connectivity index (χ0v) is 8.67. The Morgan fingerprint density at radius 1 is 1.69 bits per heavy atom. The maximum atomic E-state index is 11.8. The molecular weight excluding hydrogens is 184 g/mol. The first kappa shape index (κ1) is 10.2. The van der Waals surface area contributed by atoms with E-state index in [4.69, 9.17) is 5.73 Å². The van der Waals surface area contributed by atoms with Crippen LogP contribution < -0.4 is 5.73 Å². The molecule has 0 bridgehead atoms. The van der Waals surface area contributed by atoms with Gasteiger partial charge < -0.3 is 5.73 Å². The molecule has 1 rings (SSSR count). The van der Waals surface area contributed by atoms with Crippen molar-refractivity contribution in [3.63, 3.8) is 0 Å². The van der Waals surface area contributed by atoms with E-state index in [1.165, 1.54) is 6.20 Å². The Bertz CT molecular complexity index is 314. The summed E-state index contributed by atoms with van der Waals surface area (Å²) in [4.78, 5) is 4.55. The monoisotopic (exact) mass is 198 g/mol. The predicted octanol–water partition coefficient (Wildman–Crippen LogP) is 1.57. The number of hydrogen-bond acceptors (Lipinski definition) is 3. The highest BCUT2D eigenvalue weighted by Gasteiger charge is 2.13. The van der Waals surface area contributed by atoms with Crippen LogP contribution in [0.3, 0.4) is 0 Å². The quantitative estimate of drug-likeness (QED) is 0.802. The van der Waals surface area contributed by atoms with Crippen molar-refractivity contribution < 1.29 is 4.21 Å². The van der Waals surface area contributed by atoms with Crippen LogP contribution in [0.25, 0.3) is 0 Å². The molecule has 72 valence electrons. The van der Waals surface area contributed by atoms with Gasteiger partial charge in [0.2, 0.25) is 0 Å². The summed E-state index contributed by atoms with van der Waals surface area (Å²) in [7, 11) is -1.00. The number of pyridine rings is 1. The van der Waals surface area contributed by atoms with Crippen LogP contribution in [0.1, 0.15) is 20.3 Å². The smallest absolute Gasteiger partial charge is 0.0664 e. The number of aromatic nitrogens is 1.